The number of halogens is 1. The van der Waals surface area contributed by atoms with Gasteiger partial charge in [-0.1, -0.05) is 36.4 Å². The molecule has 0 unspecified atom stereocenters. The predicted octanol–water partition coefficient (Wildman–Crippen LogP) is 0.733. The maximum atomic E-state index is 13.4. The molecule has 1 fully saturated rings. The fraction of sp³-hybridized carbons (Fsp3) is 0.435. The molecule has 0 saturated carbocycles. The molecular weight excluding hydrogens is 528 g/mol. The molecule has 2 aromatic carbocycles. The van der Waals surface area contributed by atoms with Crippen molar-refractivity contribution < 1.29 is 26.7 Å². The van der Waals surface area contributed by atoms with Gasteiger partial charge in [0.1, 0.15) is 0 Å². The first-order valence-corrected chi connectivity index (χ1v) is 14.2. The zero-order valence-corrected chi connectivity index (χ0v) is 22.9. The van der Waals surface area contributed by atoms with E-state index in [4.69, 9.17) is 0 Å². The molecular formula is C23H33ClN4O6S2. The summed E-state index contributed by atoms with van der Waals surface area (Å²) in [4.78, 5) is 16.6. The van der Waals surface area contributed by atoms with Gasteiger partial charge in [-0.3, -0.25) is 9.69 Å². The number of nitrogens with one attached hydrogen (secondary N) is 2. The highest BCUT2D eigenvalue weighted by Crippen LogP contribution is 2.26. The molecule has 0 radical (unpaired) electrons. The van der Waals surface area contributed by atoms with Gasteiger partial charge in [0.05, 0.1) is 28.4 Å². The zero-order valence-electron chi connectivity index (χ0n) is 20.4. The van der Waals surface area contributed by atoms with Gasteiger partial charge in [-0.05, 0) is 43.8 Å². The van der Waals surface area contributed by atoms with Crippen LogP contribution in [-0.4, -0.2) is 84.5 Å². The Morgan fingerprint density at radius 2 is 1.72 bits per heavy atom. The SMILES string of the molecule is CNS(=O)(=O)c1ccc(CC(=O)N(C)[C@H](CN2CC[C@H](O)C2)c2ccccc2)c(S(=O)(=O)NC)c1.Cl. The molecule has 200 valence electrons. The standard InChI is InChI=1S/C23H32N4O6S2.ClH/c1-24-34(30,31)20-10-9-18(22(14-20)35(32,33)25-2)13-23(29)26(3)21(17-7-5-4-6-8-17)16-27-12-11-19(28)15-27;/h4-10,14,19,21,24-25,28H,11-13,15-16H2,1-3H3;1H/t19-,21+;/m0./s1. The van der Waals surface area contributed by atoms with E-state index in [9.17, 15) is 26.7 Å². The van der Waals surface area contributed by atoms with Crippen LogP contribution in [0.2, 0.25) is 0 Å². The van der Waals surface area contributed by atoms with Crippen molar-refractivity contribution in [2.75, 3.05) is 40.8 Å². The quantitative estimate of drug-likeness (QED) is 0.390. The molecule has 36 heavy (non-hydrogen) atoms. The monoisotopic (exact) mass is 560 g/mol. The van der Waals surface area contributed by atoms with Gasteiger partial charge in [0.2, 0.25) is 26.0 Å². The summed E-state index contributed by atoms with van der Waals surface area (Å²) >= 11 is 0. The van der Waals surface area contributed by atoms with Crippen LogP contribution in [0.4, 0.5) is 0 Å². The third-order valence-electron chi connectivity index (χ3n) is 6.24. The number of β-amino-alcohol motifs (C(OH)–C–C–N with tert-alkyl or cyclic N) is 1. The average molecular weight is 561 g/mol. The first kappa shape index (κ1) is 30.2. The minimum absolute atomic E-state index is 0. The van der Waals surface area contributed by atoms with Gasteiger partial charge in [-0.25, -0.2) is 26.3 Å². The number of likely N-dealkylation sites (tertiary alicyclic amines) is 1. The van der Waals surface area contributed by atoms with Gasteiger partial charge >= 0.3 is 0 Å². The van der Waals surface area contributed by atoms with Gasteiger partial charge in [0.15, 0.2) is 0 Å². The van der Waals surface area contributed by atoms with E-state index in [2.05, 4.69) is 14.3 Å². The Morgan fingerprint density at radius 1 is 1.08 bits per heavy atom. The lowest BCUT2D eigenvalue weighted by Crippen LogP contribution is -2.39. The maximum Gasteiger partial charge on any atom is 0.240 e. The van der Waals surface area contributed by atoms with Gasteiger partial charge in [-0.2, -0.15) is 0 Å². The van der Waals surface area contributed by atoms with Crippen molar-refractivity contribution >= 4 is 38.4 Å². The van der Waals surface area contributed by atoms with Crippen LogP contribution in [0.1, 0.15) is 23.6 Å². The van der Waals surface area contributed by atoms with E-state index in [1.54, 1.807) is 11.9 Å². The normalized spacial score (nSPS) is 17.4. The number of aliphatic hydroxyl groups excluding tert-OH is 1. The number of carbonyl (C=O) groups excluding carboxylic acids is 1. The van der Waals surface area contributed by atoms with Crippen LogP contribution in [0, 0.1) is 0 Å². The van der Waals surface area contributed by atoms with E-state index in [1.165, 1.54) is 26.2 Å². The van der Waals surface area contributed by atoms with Crippen LogP contribution in [0.5, 0.6) is 0 Å². The largest absolute Gasteiger partial charge is 0.392 e. The van der Waals surface area contributed by atoms with Crippen LogP contribution in [0.25, 0.3) is 0 Å². The van der Waals surface area contributed by atoms with Gasteiger partial charge in [-0.15, -0.1) is 12.4 Å². The summed E-state index contributed by atoms with van der Waals surface area (Å²) in [6.07, 6.45) is 0.0411. The molecule has 3 rings (SSSR count). The van der Waals surface area contributed by atoms with Crippen molar-refractivity contribution in [1.29, 1.82) is 0 Å². The second kappa shape index (κ2) is 12.5. The maximum absolute atomic E-state index is 13.4. The van der Waals surface area contributed by atoms with Crippen LogP contribution < -0.4 is 9.44 Å². The number of rotatable bonds is 10. The lowest BCUT2D eigenvalue weighted by molar-refractivity contribution is -0.131. The summed E-state index contributed by atoms with van der Waals surface area (Å²) < 4.78 is 54.2. The first-order chi connectivity index (χ1) is 16.5. The van der Waals surface area contributed by atoms with E-state index in [-0.39, 0.29) is 46.1 Å². The zero-order chi connectivity index (χ0) is 25.8. The molecule has 3 N–H and O–H groups in total. The number of benzene rings is 2. The minimum atomic E-state index is -4.04. The van der Waals surface area contributed by atoms with E-state index in [0.717, 1.165) is 18.2 Å². The van der Waals surface area contributed by atoms with Crippen molar-refractivity contribution in [3.05, 3.63) is 59.7 Å². The van der Waals surface area contributed by atoms with E-state index in [0.29, 0.717) is 19.5 Å². The Kier molecular flexibility index (Phi) is 10.4. The number of sulfonamides is 2. The Hall–Kier alpha value is -2.06. The Balaban J connectivity index is 0.00000456. The lowest BCUT2D eigenvalue weighted by Gasteiger charge is -2.32. The molecule has 2 atom stereocenters. The second-order valence-electron chi connectivity index (χ2n) is 8.49. The lowest BCUT2D eigenvalue weighted by atomic mass is 10.0. The molecule has 0 aromatic heterocycles. The third-order valence-corrected chi connectivity index (χ3v) is 9.15. The van der Waals surface area contributed by atoms with Crippen molar-refractivity contribution in [1.82, 2.24) is 19.2 Å². The summed E-state index contributed by atoms with van der Waals surface area (Å²) in [5.74, 6) is -0.324. The Labute approximate surface area is 219 Å². The third kappa shape index (κ3) is 7.03. The van der Waals surface area contributed by atoms with Crippen LogP contribution in [0.15, 0.2) is 58.3 Å². The van der Waals surface area contributed by atoms with Crippen LogP contribution in [0.3, 0.4) is 0 Å². The highest BCUT2D eigenvalue weighted by Gasteiger charge is 2.29. The minimum Gasteiger partial charge on any atom is -0.392 e. The number of carbonyl (C=O) groups is 1. The summed E-state index contributed by atoms with van der Waals surface area (Å²) in [6.45, 7) is 1.76. The molecule has 1 saturated heterocycles. The number of hydrogen-bond donors (Lipinski definition) is 3. The van der Waals surface area contributed by atoms with Gasteiger partial charge < -0.3 is 10.0 Å². The molecule has 13 heteroatoms. The molecule has 2 aromatic rings. The van der Waals surface area contributed by atoms with Gasteiger partial charge in [0, 0.05) is 26.7 Å². The topological polar surface area (TPSA) is 136 Å². The van der Waals surface area contributed by atoms with E-state index < -0.39 is 26.2 Å². The van der Waals surface area contributed by atoms with Gasteiger partial charge in [0.25, 0.3) is 0 Å². The molecule has 1 heterocycles. The fourth-order valence-electron chi connectivity index (χ4n) is 4.14. The average Bonchev–Trinajstić information content (AvgIpc) is 3.27. The molecule has 1 aliphatic rings. The molecule has 10 nitrogen and oxygen atoms in total. The summed E-state index contributed by atoms with van der Waals surface area (Å²) in [5.41, 5.74) is 1.11. The predicted molar refractivity (Wildman–Crippen MR) is 139 cm³/mol. The molecule has 0 bridgehead atoms. The molecule has 0 spiro atoms. The summed E-state index contributed by atoms with van der Waals surface area (Å²) in [7, 11) is -3.80. The molecule has 0 aliphatic carbocycles. The van der Waals surface area contributed by atoms with E-state index >= 15 is 0 Å². The van der Waals surface area contributed by atoms with Crippen molar-refractivity contribution in [3.8, 4) is 0 Å². The smallest absolute Gasteiger partial charge is 0.240 e. The van der Waals surface area contributed by atoms with Crippen molar-refractivity contribution in [3.63, 3.8) is 0 Å². The second-order valence-corrected chi connectivity index (χ2v) is 12.2. The fourth-order valence-corrected chi connectivity index (χ4v) is 5.95. The van der Waals surface area contributed by atoms with Crippen molar-refractivity contribution in [2.24, 2.45) is 0 Å². The molecule has 1 amide bonds. The summed E-state index contributed by atoms with van der Waals surface area (Å²) in [5, 5.41) is 9.92. The Morgan fingerprint density at radius 3 is 2.28 bits per heavy atom. The highest BCUT2D eigenvalue weighted by molar-refractivity contribution is 7.90. The number of aliphatic hydroxyl groups is 1. The number of nitrogens with zero attached hydrogens (tertiary/aromatic N) is 2. The van der Waals surface area contributed by atoms with E-state index in [1.807, 2.05) is 30.3 Å². The highest BCUT2D eigenvalue weighted by atomic mass is 35.5. The first-order valence-electron chi connectivity index (χ1n) is 11.2. The molecule has 1 aliphatic heterocycles. The number of hydrogen-bond acceptors (Lipinski definition) is 7. The Bertz CT molecular complexity index is 1260. The summed E-state index contributed by atoms with van der Waals surface area (Å²) in [6, 6.07) is 12.9. The number of likely N-dealkylation sites (N-methyl/N-ethyl adjacent to an activating group) is 1. The number of amides is 1. The van der Waals surface area contributed by atoms with Crippen molar-refractivity contribution in [2.45, 2.75) is 34.8 Å². The van der Waals surface area contributed by atoms with Crippen LogP contribution >= 0.6 is 12.4 Å². The van der Waals surface area contributed by atoms with Crippen LogP contribution in [-0.2, 0) is 31.3 Å².